The van der Waals surface area contributed by atoms with E-state index >= 15 is 0 Å². The molecule has 1 heterocycles. The second-order valence-electron chi connectivity index (χ2n) is 3.63. The molecule has 0 radical (unpaired) electrons. The van der Waals surface area contributed by atoms with Crippen LogP contribution in [0.15, 0.2) is 12.1 Å². The van der Waals surface area contributed by atoms with Crippen LogP contribution in [0, 0.1) is 0 Å². The van der Waals surface area contributed by atoms with Crippen molar-refractivity contribution < 1.29 is 4.79 Å². The fourth-order valence-corrected chi connectivity index (χ4v) is 2.44. The van der Waals surface area contributed by atoms with Gasteiger partial charge < -0.3 is 10.6 Å². The molecule has 0 aromatic heterocycles. The van der Waals surface area contributed by atoms with Crippen molar-refractivity contribution >= 4 is 52.1 Å². The highest BCUT2D eigenvalue weighted by Gasteiger charge is 2.30. The van der Waals surface area contributed by atoms with E-state index in [1.807, 2.05) is 0 Å². The summed E-state index contributed by atoms with van der Waals surface area (Å²) in [4.78, 5) is 13.2. The molecule has 1 aliphatic heterocycles. The van der Waals surface area contributed by atoms with Crippen LogP contribution in [0.1, 0.15) is 6.42 Å². The zero-order valence-electron chi connectivity index (χ0n) is 8.21. The predicted molar refractivity (Wildman–Crippen MR) is 67.5 cm³/mol. The molecule has 3 nitrogen and oxygen atoms in total. The molecule has 0 saturated carbocycles. The summed E-state index contributed by atoms with van der Waals surface area (Å²) < 4.78 is 0. The van der Waals surface area contributed by atoms with Crippen molar-refractivity contribution in [1.29, 1.82) is 0 Å². The van der Waals surface area contributed by atoms with E-state index in [4.69, 9.17) is 40.5 Å². The highest BCUT2D eigenvalue weighted by Crippen LogP contribution is 2.36. The van der Waals surface area contributed by atoms with Crippen LogP contribution in [0.4, 0.5) is 11.4 Å². The first-order chi connectivity index (χ1) is 7.49. The molecule has 6 heteroatoms. The van der Waals surface area contributed by atoms with E-state index < -0.39 is 0 Å². The van der Waals surface area contributed by atoms with E-state index in [0.717, 1.165) is 0 Å². The summed E-state index contributed by atoms with van der Waals surface area (Å²) in [5, 5.41) is 0.595. The average Bonchev–Trinajstić information content (AvgIpc) is 2.51. The number of hydrogen-bond donors (Lipinski definition) is 1. The number of alkyl halides is 1. The molecule has 1 saturated heterocycles. The standard InChI is InChI=1S/C10H9Cl3N2O/c11-5-1-7(13)10(14)8(2-5)15-4-6(12)3-9(15)16/h1-2,6H,3-4,14H2. The second-order valence-corrected chi connectivity index (χ2v) is 5.09. The van der Waals surface area contributed by atoms with Gasteiger partial charge in [0.2, 0.25) is 5.91 Å². The Kier molecular flexibility index (Phi) is 3.19. The number of carbonyl (C=O) groups excluding carboxylic acids is 1. The van der Waals surface area contributed by atoms with Gasteiger partial charge in [0.25, 0.3) is 0 Å². The van der Waals surface area contributed by atoms with Crippen molar-refractivity contribution in [2.75, 3.05) is 17.2 Å². The third kappa shape index (κ3) is 2.08. The third-order valence-corrected chi connectivity index (χ3v) is 3.26. The zero-order valence-corrected chi connectivity index (χ0v) is 10.5. The van der Waals surface area contributed by atoms with Crippen molar-refractivity contribution in [2.45, 2.75) is 11.8 Å². The summed E-state index contributed by atoms with van der Waals surface area (Å²) >= 11 is 17.7. The lowest BCUT2D eigenvalue weighted by atomic mass is 10.2. The molecule has 0 spiro atoms. The monoisotopic (exact) mass is 278 g/mol. The Hall–Kier alpha value is -0.640. The fourth-order valence-electron chi connectivity index (χ4n) is 1.69. The highest BCUT2D eigenvalue weighted by atomic mass is 35.5. The summed E-state index contributed by atoms with van der Waals surface area (Å²) in [5.74, 6) is -0.0648. The molecular weight excluding hydrogens is 270 g/mol. The minimum Gasteiger partial charge on any atom is -0.396 e. The van der Waals surface area contributed by atoms with Crippen LogP contribution in [0.2, 0.25) is 10.0 Å². The normalized spacial score (nSPS) is 20.6. The number of amides is 1. The number of nitrogens with two attached hydrogens (primary N) is 1. The number of rotatable bonds is 1. The van der Waals surface area contributed by atoms with Crippen LogP contribution in [0.5, 0.6) is 0 Å². The van der Waals surface area contributed by atoms with E-state index in [1.54, 1.807) is 12.1 Å². The Morgan fingerprint density at radius 3 is 2.62 bits per heavy atom. The molecule has 0 aliphatic carbocycles. The number of benzene rings is 1. The van der Waals surface area contributed by atoms with E-state index in [9.17, 15) is 4.79 Å². The zero-order chi connectivity index (χ0) is 11.9. The van der Waals surface area contributed by atoms with E-state index in [0.29, 0.717) is 34.4 Å². The minimum atomic E-state index is -0.190. The SMILES string of the molecule is Nc1c(Cl)cc(Cl)cc1N1CC(Cl)CC1=O. The van der Waals surface area contributed by atoms with Gasteiger partial charge in [0.05, 0.1) is 21.8 Å². The molecule has 1 amide bonds. The maximum absolute atomic E-state index is 11.7. The van der Waals surface area contributed by atoms with Gasteiger partial charge in [-0.25, -0.2) is 0 Å². The van der Waals surface area contributed by atoms with Gasteiger partial charge in [-0.3, -0.25) is 4.79 Å². The Bertz CT molecular complexity index is 450. The lowest BCUT2D eigenvalue weighted by Gasteiger charge is -2.19. The maximum Gasteiger partial charge on any atom is 0.228 e. The number of nitrogens with zero attached hydrogens (tertiary/aromatic N) is 1. The average molecular weight is 280 g/mol. The molecule has 1 atom stereocenters. The van der Waals surface area contributed by atoms with Crippen LogP contribution in [-0.4, -0.2) is 17.8 Å². The molecule has 0 bridgehead atoms. The molecule has 86 valence electrons. The Balaban J connectivity index is 2.44. The molecule has 1 fully saturated rings. The lowest BCUT2D eigenvalue weighted by Crippen LogP contribution is -2.25. The van der Waals surface area contributed by atoms with Crippen molar-refractivity contribution in [3.05, 3.63) is 22.2 Å². The van der Waals surface area contributed by atoms with Crippen LogP contribution in [0.3, 0.4) is 0 Å². The van der Waals surface area contributed by atoms with Gasteiger partial charge in [0.1, 0.15) is 0 Å². The molecule has 1 aromatic carbocycles. The van der Waals surface area contributed by atoms with Gasteiger partial charge in [-0.2, -0.15) is 0 Å². The number of carbonyl (C=O) groups is 1. The summed E-state index contributed by atoms with van der Waals surface area (Å²) in [6.07, 6.45) is 0.311. The quantitative estimate of drug-likeness (QED) is 0.634. The number of anilines is 2. The first kappa shape index (κ1) is 11.8. The van der Waals surface area contributed by atoms with Crippen molar-refractivity contribution in [1.82, 2.24) is 0 Å². The minimum absolute atomic E-state index is 0.0648. The van der Waals surface area contributed by atoms with Crippen LogP contribution < -0.4 is 10.6 Å². The summed E-state index contributed by atoms with van der Waals surface area (Å²) in [6, 6.07) is 3.16. The molecule has 2 N–H and O–H groups in total. The van der Waals surface area contributed by atoms with Crippen LogP contribution in [0.25, 0.3) is 0 Å². The smallest absolute Gasteiger partial charge is 0.228 e. The Morgan fingerprint density at radius 2 is 2.06 bits per heavy atom. The van der Waals surface area contributed by atoms with Crippen LogP contribution >= 0.6 is 34.8 Å². The van der Waals surface area contributed by atoms with E-state index in [2.05, 4.69) is 0 Å². The first-order valence-corrected chi connectivity index (χ1v) is 5.87. The van der Waals surface area contributed by atoms with Crippen molar-refractivity contribution in [3.63, 3.8) is 0 Å². The molecule has 1 aliphatic rings. The summed E-state index contributed by atoms with van der Waals surface area (Å²) in [5.41, 5.74) is 6.70. The van der Waals surface area contributed by atoms with Gasteiger partial charge in [0.15, 0.2) is 0 Å². The highest BCUT2D eigenvalue weighted by molar-refractivity contribution is 6.37. The van der Waals surface area contributed by atoms with E-state index in [1.165, 1.54) is 4.90 Å². The van der Waals surface area contributed by atoms with Gasteiger partial charge in [0, 0.05) is 18.0 Å². The lowest BCUT2D eigenvalue weighted by molar-refractivity contribution is -0.117. The third-order valence-electron chi connectivity index (χ3n) is 2.44. The topological polar surface area (TPSA) is 46.3 Å². The fraction of sp³-hybridized carbons (Fsp3) is 0.300. The molecule has 2 rings (SSSR count). The van der Waals surface area contributed by atoms with Crippen LogP contribution in [-0.2, 0) is 4.79 Å². The number of hydrogen-bond acceptors (Lipinski definition) is 2. The predicted octanol–water partition coefficient (Wildman–Crippen LogP) is 2.92. The van der Waals surface area contributed by atoms with Gasteiger partial charge in [-0.05, 0) is 12.1 Å². The van der Waals surface area contributed by atoms with E-state index in [-0.39, 0.29) is 11.3 Å². The van der Waals surface area contributed by atoms with Crippen molar-refractivity contribution in [2.24, 2.45) is 0 Å². The molecule has 1 unspecified atom stereocenters. The van der Waals surface area contributed by atoms with Crippen molar-refractivity contribution in [3.8, 4) is 0 Å². The summed E-state index contributed by atoms with van der Waals surface area (Å²) in [7, 11) is 0. The largest absolute Gasteiger partial charge is 0.396 e. The van der Waals surface area contributed by atoms with Gasteiger partial charge in [-0.15, -0.1) is 11.6 Å². The number of nitrogen functional groups attached to an aromatic ring is 1. The Morgan fingerprint density at radius 1 is 1.38 bits per heavy atom. The molecular formula is C10H9Cl3N2O. The number of halogens is 3. The first-order valence-electron chi connectivity index (χ1n) is 4.68. The van der Waals surface area contributed by atoms with Gasteiger partial charge >= 0.3 is 0 Å². The van der Waals surface area contributed by atoms with Gasteiger partial charge in [-0.1, -0.05) is 23.2 Å². The molecule has 1 aromatic rings. The Labute approximate surface area is 108 Å². The maximum atomic E-state index is 11.7. The summed E-state index contributed by atoms with van der Waals surface area (Å²) in [6.45, 7) is 0.432. The molecule has 16 heavy (non-hydrogen) atoms. The second kappa shape index (κ2) is 4.32.